The molecular weight excluding hydrogens is 321 g/mol. The van der Waals surface area contributed by atoms with Gasteiger partial charge in [-0.25, -0.2) is 4.79 Å². The molecule has 0 aliphatic heterocycles. The van der Waals surface area contributed by atoms with Gasteiger partial charge in [0.1, 0.15) is 0 Å². The average molecular weight is 336 g/mol. The number of carbonyl (C=O) groups excluding carboxylic acids is 1. The van der Waals surface area contributed by atoms with E-state index in [9.17, 15) is 18.0 Å². The molecule has 0 bridgehead atoms. The standard InChI is InChI=1S/C16H15F3N4O/c17-16(18,19)11-3-1-2-10(6-11)13-7-14(13)23-15(24)22-9-12-8-20-4-5-21-12/h1-6,8,13-14H,7,9H2,(H2,22,23,24)/t13-,14+/m0/s1. The minimum atomic E-state index is -4.36. The third-order valence-electron chi connectivity index (χ3n) is 3.80. The summed E-state index contributed by atoms with van der Waals surface area (Å²) < 4.78 is 38.2. The van der Waals surface area contributed by atoms with Crippen molar-refractivity contribution in [1.29, 1.82) is 0 Å². The molecule has 1 heterocycles. The Bertz CT molecular complexity index is 721. The van der Waals surface area contributed by atoms with E-state index in [0.717, 1.165) is 12.1 Å². The summed E-state index contributed by atoms with van der Waals surface area (Å²) in [5.74, 6) is -0.0884. The van der Waals surface area contributed by atoms with Crippen LogP contribution >= 0.6 is 0 Å². The fourth-order valence-electron chi connectivity index (χ4n) is 2.48. The molecule has 0 unspecified atom stereocenters. The van der Waals surface area contributed by atoms with E-state index in [-0.39, 0.29) is 24.5 Å². The third-order valence-corrected chi connectivity index (χ3v) is 3.80. The quantitative estimate of drug-likeness (QED) is 0.902. The second-order valence-electron chi connectivity index (χ2n) is 5.60. The molecule has 1 fully saturated rings. The van der Waals surface area contributed by atoms with E-state index in [1.807, 2.05) is 0 Å². The Labute approximate surface area is 136 Å². The molecule has 0 radical (unpaired) electrons. The molecular formula is C16H15F3N4O. The highest BCUT2D eigenvalue weighted by molar-refractivity contribution is 5.74. The first-order valence-corrected chi connectivity index (χ1v) is 7.40. The van der Waals surface area contributed by atoms with Crippen molar-refractivity contribution in [1.82, 2.24) is 20.6 Å². The number of hydrogen-bond donors (Lipinski definition) is 2. The maximum atomic E-state index is 12.7. The van der Waals surface area contributed by atoms with Crippen molar-refractivity contribution >= 4 is 6.03 Å². The molecule has 2 aromatic rings. The SMILES string of the molecule is O=C(NCc1cnccn1)N[C@@H]1C[C@H]1c1cccc(C(F)(F)F)c1. The Balaban J connectivity index is 1.51. The van der Waals surface area contributed by atoms with Crippen LogP contribution in [0.15, 0.2) is 42.9 Å². The Kier molecular flexibility index (Phi) is 4.37. The maximum Gasteiger partial charge on any atom is 0.416 e. The van der Waals surface area contributed by atoms with Crippen LogP contribution in [-0.2, 0) is 12.7 Å². The van der Waals surface area contributed by atoms with Crippen molar-refractivity contribution < 1.29 is 18.0 Å². The van der Waals surface area contributed by atoms with Gasteiger partial charge in [-0.15, -0.1) is 0 Å². The van der Waals surface area contributed by atoms with Gasteiger partial charge in [0, 0.05) is 24.4 Å². The first-order valence-electron chi connectivity index (χ1n) is 7.40. The van der Waals surface area contributed by atoms with Gasteiger partial charge in [-0.05, 0) is 18.1 Å². The normalized spacial score (nSPS) is 19.6. The number of benzene rings is 1. The molecule has 8 heteroatoms. The summed E-state index contributed by atoms with van der Waals surface area (Å²) in [4.78, 5) is 19.7. The molecule has 1 aliphatic carbocycles. The molecule has 2 amide bonds. The zero-order valence-electron chi connectivity index (χ0n) is 12.5. The monoisotopic (exact) mass is 336 g/mol. The van der Waals surface area contributed by atoms with Gasteiger partial charge >= 0.3 is 12.2 Å². The van der Waals surface area contributed by atoms with Crippen LogP contribution in [-0.4, -0.2) is 22.0 Å². The Morgan fingerprint density at radius 3 is 2.83 bits per heavy atom. The van der Waals surface area contributed by atoms with Crippen LogP contribution in [0.3, 0.4) is 0 Å². The van der Waals surface area contributed by atoms with Gasteiger partial charge in [0.2, 0.25) is 0 Å². The molecule has 1 aliphatic rings. The molecule has 2 atom stereocenters. The van der Waals surface area contributed by atoms with Crippen molar-refractivity contribution in [2.24, 2.45) is 0 Å². The Hall–Kier alpha value is -2.64. The van der Waals surface area contributed by atoms with E-state index in [1.165, 1.54) is 18.5 Å². The highest BCUT2D eigenvalue weighted by Gasteiger charge is 2.40. The van der Waals surface area contributed by atoms with Gasteiger partial charge in [-0.3, -0.25) is 9.97 Å². The maximum absolute atomic E-state index is 12.7. The number of carbonyl (C=O) groups is 1. The Morgan fingerprint density at radius 2 is 2.12 bits per heavy atom. The number of rotatable bonds is 4. The number of aromatic nitrogens is 2. The van der Waals surface area contributed by atoms with Gasteiger partial charge in [0.15, 0.2) is 0 Å². The first-order chi connectivity index (χ1) is 11.4. The highest BCUT2D eigenvalue weighted by Crippen LogP contribution is 2.42. The molecule has 3 rings (SSSR count). The fourth-order valence-corrected chi connectivity index (χ4v) is 2.48. The number of nitrogens with one attached hydrogen (secondary N) is 2. The van der Waals surface area contributed by atoms with Gasteiger partial charge in [-0.2, -0.15) is 13.2 Å². The van der Waals surface area contributed by atoms with Gasteiger partial charge < -0.3 is 10.6 Å². The average Bonchev–Trinajstić information content (AvgIpc) is 3.32. The summed E-state index contributed by atoms with van der Waals surface area (Å²) in [7, 11) is 0. The van der Waals surface area contributed by atoms with Gasteiger partial charge in [0.05, 0.1) is 24.0 Å². The molecule has 5 nitrogen and oxygen atoms in total. The number of urea groups is 1. The van der Waals surface area contributed by atoms with Crippen molar-refractivity contribution in [3.8, 4) is 0 Å². The van der Waals surface area contributed by atoms with Crippen LogP contribution in [0, 0.1) is 0 Å². The zero-order valence-corrected chi connectivity index (χ0v) is 12.5. The van der Waals surface area contributed by atoms with E-state index in [2.05, 4.69) is 20.6 Å². The van der Waals surface area contributed by atoms with E-state index in [4.69, 9.17) is 0 Å². The summed E-state index contributed by atoms with van der Waals surface area (Å²) in [6.07, 6.45) is 0.873. The smallest absolute Gasteiger partial charge is 0.335 e. The van der Waals surface area contributed by atoms with Crippen molar-refractivity contribution in [2.75, 3.05) is 0 Å². The molecule has 24 heavy (non-hydrogen) atoms. The second kappa shape index (κ2) is 6.46. The lowest BCUT2D eigenvalue weighted by Gasteiger charge is -2.09. The van der Waals surface area contributed by atoms with Gasteiger partial charge in [0.25, 0.3) is 0 Å². The predicted octanol–water partition coefficient (Wildman–Crippen LogP) is 2.85. The summed E-state index contributed by atoms with van der Waals surface area (Å²) in [5, 5.41) is 5.40. The molecule has 2 N–H and O–H groups in total. The molecule has 1 aromatic carbocycles. The summed E-state index contributed by atoms with van der Waals surface area (Å²) in [6.45, 7) is 0.237. The summed E-state index contributed by atoms with van der Waals surface area (Å²) in [6, 6.07) is 4.70. The van der Waals surface area contributed by atoms with Crippen molar-refractivity contribution in [3.05, 3.63) is 59.7 Å². The van der Waals surface area contributed by atoms with Crippen LogP contribution in [0.1, 0.15) is 29.2 Å². The van der Waals surface area contributed by atoms with Crippen LogP contribution in [0.4, 0.5) is 18.0 Å². The number of alkyl halides is 3. The van der Waals surface area contributed by atoms with E-state index < -0.39 is 11.7 Å². The van der Waals surface area contributed by atoms with Crippen LogP contribution in [0.2, 0.25) is 0 Å². The van der Waals surface area contributed by atoms with E-state index >= 15 is 0 Å². The number of amides is 2. The van der Waals surface area contributed by atoms with Crippen LogP contribution in [0.25, 0.3) is 0 Å². The van der Waals surface area contributed by atoms with Crippen molar-refractivity contribution in [3.63, 3.8) is 0 Å². The minimum absolute atomic E-state index is 0.0884. The Morgan fingerprint density at radius 1 is 1.29 bits per heavy atom. The predicted molar refractivity (Wildman–Crippen MR) is 80.0 cm³/mol. The van der Waals surface area contributed by atoms with Gasteiger partial charge in [-0.1, -0.05) is 18.2 Å². The van der Waals surface area contributed by atoms with Crippen LogP contribution < -0.4 is 10.6 Å². The lowest BCUT2D eigenvalue weighted by atomic mass is 10.1. The number of halogens is 3. The molecule has 1 saturated carbocycles. The molecule has 1 aromatic heterocycles. The van der Waals surface area contributed by atoms with E-state index in [0.29, 0.717) is 17.7 Å². The fraction of sp³-hybridized carbons (Fsp3) is 0.312. The van der Waals surface area contributed by atoms with E-state index in [1.54, 1.807) is 12.3 Å². The largest absolute Gasteiger partial charge is 0.416 e. The number of nitrogens with zero attached hydrogens (tertiary/aromatic N) is 2. The second-order valence-corrected chi connectivity index (χ2v) is 5.60. The topological polar surface area (TPSA) is 66.9 Å². The third kappa shape index (κ3) is 4.01. The number of hydrogen-bond acceptors (Lipinski definition) is 3. The lowest BCUT2D eigenvalue weighted by Crippen LogP contribution is -2.37. The molecule has 0 spiro atoms. The summed E-state index contributed by atoms with van der Waals surface area (Å²) >= 11 is 0. The molecule has 0 saturated heterocycles. The highest BCUT2D eigenvalue weighted by atomic mass is 19.4. The van der Waals surface area contributed by atoms with Crippen LogP contribution in [0.5, 0.6) is 0 Å². The summed E-state index contributed by atoms with van der Waals surface area (Å²) in [5.41, 5.74) is 0.541. The minimum Gasteiger partial charge on any atom is -0.335 e. The van der Waals surface area contributed by atoms with Crippen molar-refractivity contribution in [2.45, 2.75) is 31.1 Å². The molecule has 126 valence electrons. The zero-order chi connectivity index (χ0) is 17.2. The lowest BCUT2D eigenvalue weighted by molar-refractivity contribution is -0.137. The first kappa shape index (κ1) is 16.2.